The van der Waals surface area contributed by atoms with E-state index in [9.17, 15) is 4.79 Å². The Morgan fingerprint density at radius 3 is 2.43 bits per heavy atom. The van der Waals surface area contributed by atoms with E-state index < -0.39 is 5.60 Å². The maximum atomic E-state index is 11.9. The Kier molecular flexibility index (Phi) is 8.34. The lowest BCUT2D eigenvalue weighted by Crippen LogP contribution is -2.51. The van der Waals surface area contributed by atoms with Crippen molar-refractivity contribution in [1.29, 1.82) is 0 Å². The van der Waals surface area contributed by atoms with Crippen molar-refractivity contribution in [1.82, 2.24) is 10.6 Å². The van der Waals surface area contributed by atoms with Crippen LogP contribution in [0.15, 0.2) is 0 Å². The minimum atomic E-state index is -0.449. The van der Waals surface area contributed by atoms with Gasteiger partial charge in [0.1, 0.15) is 5.60 Å². The maximum absolute atomic E-state index is 11.9. The molecule has 2 N–H and O–H groups in total. The van der Waals surface area contributed by atoms with Gasteiger partial charge in [-0.25, -0.2) is 4.79 Å². The van der Waals surface area contributed by atoms with Gasteiger partial charge in [-0.1, -0.05) is 26.7 Å². The van der Waals surface area contributed by atoms with E-state index in [1.165, 1.54) is 12.8 Å². The first-order chi connectivity index (χ1) is 10.7. The number of nitrogens with one attached hydrogen (secondary N) is 2. The molecule has 1 fully saturated rings. The van der Waals surface area contributed by atoms with Gasteiger partial charge in [0.2, 0.25) is 0 Å². The Balaban J connectivity index is 2.52. The van der Waals surface area contributed by atoms with Crippen molar-refractivity contribution < 1.29 is 14.3 Å². The van der Waals surface area contributed by atoms with Crippen molar-refractivity contribution in [3.8, 4) is 0 Å². The SMILES string of the molecule is COCC(NC1CCCCC1CNC(=O)OC(C)(C)C)C(C)C. The molecule has 1 saturated carbocycles. The standard InChI is InChI=1S/C18H36N2O3/c1-13(2)16(12-22-6)20-15-10-8-7-9-14(15)11-19-17(21)23-18(3,4)5/h13-16,20H,7-12H2,1-6H3,(H,19,21). The fraction of sp³-hybridized carbons (Fsp3) is 0.944. The van der Waals surface area contributed by atoms with Crippen LogP contribution in [0, 0.1) is 11.8 Å². The molecule has 0 saturated heterocycles. The third-order valence-electron chi connectivity index (χ3n) is 4.40. The second-order valence-corrected chi connectivity index (χ2v) is 8.01. The monoisotopic (exact) mass is 328 g/mol. The van der Waals surface area contributed by atoms with Crippen LogP contribution >= 0.6 is 0 Å². The molecule has 1 rings (SSSR count). The predicted octanol–water partition coefficient (Wildman–Crippen LogP) is 3.33. The molecule has 136 valence electrons. The van der Waals surface area contributed by atoms with Crippen LogP contribution in [0.2, 0.25) is 0 Å². The van der Waals surface area contributed by atoms with Crippen LogP contribution in [-0.2, 0) is 9.47 Å². The van der Waals surface area contributed by atoms with Gasteiger partial charge in [-0.15, -0.1) is 0 Å². The number of methoxy groups -OCH3 is 1. The Labute approximate surface area is 141 Å². The summed E-state index contributed by atoms with van der Waals surface area (Å²) in [4.78, 5) is 11.9. The summed E-state index contributed by atoms with van der Waals surface area (Å²) in [5.74, 6) is 0.978. The Hall–Kier alpha value is -0.810. The summed E-state index contributed by atoms with van der Waals surface area (Å²) in [6.07, 6.45) is 4.46. The molecule has 23 heavy (non-hydrogen) atoms. The fourth-order valence-corrected chi connectivity index (χ4v) is 3.09. The largest absolute Gasteiger partial charge is 0.444 e. The molecule has 5 nitrogen and oxygen atoms in total. The smallest absolute Gasteiger partial charge is 0.407 e. The predicted molar refractivity (Wildman–Crippen MR) is 93.6 cm³/mol. The first-order valence-corrected chi connectivity index (χ1v) is 8.94. The van der Waals surface area contributed by atoms with Crippen LogP contribution in [0.25, 0.3) is 0 Å². The number of amides is 1. The van der Waals surface area contributed by atoms with Crippen molar-refractivity contribution in [2.75, 3.05) is 20.3 Å². The summed E-state index contributed by atoms with van der Waals surface area (Å²) in [6, 6.07) is 0.786. The van der Waals surface area contributed by atoms with Crippen molar-refractivity contribution >= 4 is 6.09 Å². The molecular weight excluding hydrogens is 292 g/mol. The second kappa shape index (κ2) is 9.48. The second-order valence-electron chi connectivity index (χ2n) is 8.01. The molecule has 0 radical (unpaired) electrons. The summed E-state index contributed by atoms with van der Waals surface area (Å²) in [7, 11) is 1.75. The van der Waals surface area contributed by atoms with Crippen molar-refractivity contribution in [3.05, 3.63) is 0 Å². The molecule has 3 unspecified atom stereocenters. The molecule has 0 spiro atoms. The minimum absolute atomic E-state index is 0.320. The van der Waals surface area contributed by atoms with Crippen LogP contribution < -0.4 is 10.6 Å². The summed E-state index contributed by atoms with van der Waals surface area (Å²) in [5, 5.41) is 6.70. The van der Waals surface area contributed by atoms with E-state index in [1.54, 1.807) is 7.11 Å². The van der Waals surface area contributed by atoms with Gasteiger partial charge in [-0.3, -0.25) is 0 Å². The highest BCUT2D eigenvalue weighted by Crippen LogP contribution is 2.25. The number of hydrogen-bond donors (Lipinski definition) is 2. The zero-order chi connectivity index (χ0) is 17.5. The number of alkyl carbamates (subject to hydrolysis) is 1. The van der Waals surface area contributed by atoms with E-state index in [4.69, 9.17) is 9.47 Å². The summed E-state index contributed by atoms with van der Waals surface area (Å²) >= 11 is 0. The van der Waals surface area contributed by atoms with E-state index >= 15 is 0 Å². The van der Waals surface area contributed by atoms with Gasteiger partial charge in [0.05, 0.1) is 6.61 Å². The maximum Gasteiger partial charge on any atom is 0.407 e. The third-order valence-corrected chi connectivity index (χ3v) is 4.40. The molecule has 0 aromatic carbocycles. The van der Waals surface area contributed by atoms with Crippen LogP contribution in [0.4, 0.5) is 4.79 Å². The van der Waals surface area contributed by atoms with Crippen LogP contribution in [0.1, 0.15) is 60.3 Å². The lowest BCUT2D eigenvalue weighted by molar-refractivity contribution is 0.0506. The highest BCUT2D eigenvalue weighted by molar-refractivity contribution is 5.67. The molecule has 1 aliphatic carbocycles. The molecule has 0 aliphatic heterocycles. The quantitative estimate of drug-likeness (QED) is 0.752. The number of carbonyl (C=O) groups excluding carboxylic acids is 1. The molecule has 3 atom stereocenters. The molecule has 0 heterocycles. The molecule has 0 aromatic rings. The van der Waals surface area contributed by atoms with E-state index in [0.717, 1.165) is 19.4 Å². The van der Waals surface area contributed by atoms with Crippen LogP contribution in [0.3, 0.4) is 0 Å². The lowest BCUT2D eigenvalue weighted by Gasteiger charge is -2.36. The molecular formula is C18H36N2O3. The van der Waals surface area contributed by atoms with Crippen LogP contribution in [-0.4, -0.2) is 44.0 Å². The van der Waals surface area contributed by atoms with Crippen molar-refractivity contribution in [3.63, 3.8) is 0 Å². The van der Waals surface area contributed by atoms with Crippen molar-refractivity contribution in [2.24, 2.45) is 11.8 Å². The summed E-state index contributed by atoms with van der Waals surface area (Å²) in [6.45, 7) is 11.5. The average Bonchev–Trinajstić information content (AvgIpc) is 2.44. The van der Waals surface area contributed by atoms with Gasteiger partial charge in [-0.05, 0) is 45.4 Å². The van der Waals surface area contributed by atoms with E-state index in [1.807, 2.05) is 20.8 Å². The number of carbonyl (C=O) groups is 1. The van der Waals surface area contributed by atoms with Gasteiger partial charge in [-0.2, -0.15) is 0 Å². The summed E-state index contributed by atoms with van der Waals surface area (Å²) < 4.78 is 10.7. The molecule has 1 aliphatic rings. The topological polar surface area (TPSA) is 59.6 Å². The Bertz CT molecular complexity index is 353. The van der Waals surface area contributed by atoms with Gasteiger partial charge in [0.15, 0.2) is 0 Å². The lowest BCUT2D eigenvalue weighted by atomic mass is 9.83. The highest BCUT2D eigenvalue weighted by atomic mass is 16.6. The minimum Gasteiger partial charge on any atom is -0.444 e. The zero-order valence-corrected chi connectivity index (χ0v) is 15.8. The van der Waals surface area contributed by atoms with E-state index in [2.05, 4.69) is 24.5 Å². The Morgan fingerprint density at radius 1 is 1.22 bits per heavy atom. The fourth-order valence-electron chi connectivity index (χ4n) is 3.09. The first-order valence-electron chi connectivity index (χ1n) is 8.94. The van der Waals surface area contributed by atoms with Gasteiger partial charge >= 0.3 is 6.09 Å². The number of hydrogen-bond acceptors (Lipinski definition) is 4. The number of ether oxygens (including phenoxy) is 2. The third kappa shape index (κ3) is 8.02. The van der Waals surface area contributed by atoms with E-state index in [-0.39, 0.29) is 6.09 Å². The van der Waals surface area contributed by atoms with E-state index in [0.29, 0.717) is 30.5 Å². The highest BCUT2D eigenvalue weighted by Gasteiger charge is 2.28. The number of rotatable bonds is 7. The van der Waals surface area contributed by atoms with Gasteiger partial charge in [0.25, 0.3) is 0 Å². The van der Waals surface area contributed by atoms with Crippen LogP contribution in [0.5, 0.6) is 0 Å². The van der Waals surface area contributed by atoms with Gasteiger partial charge in [0, 0.05) is 25.7 Å². The molecule has 5 heteroatoms. The normalized spacial score (nSPS) is 23.6. The average molecular weight is 328 g/mol. The zero-order valence-electron chi connectivity index (χ0n) is 15.8. The van der Waals surface area contributed by atoms with Crippen molar-refractivity contribution in [2.45, 2.75) is 78.0 Å². The molecule has 1 amide bonds. The summed E-state index contributed by atoms with van der Waals surface area (Å²) in [5.41, 5.74) is -0.449. The Morgan fingerprint density at radius 2 is 1.87 bits per heavy atom. The first kappa shape index (κ1) is 20.2. The molecule has 0 bridgehead atoms. The molecule has 0 aromatic heterocycles. The van der Waals surface area contributed by atoms with Gasteiger partial charge < -0.3 is 20.1 Å².